The molecule has 0 N–H and O–H groups in total. The molecule has 4 rings (SSSR count). The molecule has 0 radical (unpaired) electrons. The zero-order chi connectivity index (χ0) is 10.5. The summed E-state index contributed by atoms with van der Waals surface area (Å²) < 4.78 is 0. The topological polar surface area (TPSA) is 24.7 Å². The van der Waals surface area contributed by atoms with E-state index in [1.54, 1.807) is 0 Å². The Morgan fingerprint density at radius 1 is 0.938 bits per heavy atom. The Morgan fingerprint density at radius 2 is 1.88 bits per heavy atom. The first-order valence-corrected chi connectivity index (χ1v) is 5.29. The lowest BCUT2D eigenvalue weighted by Gasteiger charge is -2.03. The van der Waals surface area contributed by atoms with E-state index in [1.165, 1.54) is 16.3 Å². The van der Waals surface area contributed by atoms with Crippen molar-refractivity contribution < 1.29 is 0 Å². The summed E-state index contributed by atoms with van der Waals surface area (Å²) in [6.45, 7) is 0. The average molecular weight is 204 g/mol. The van der Waals surface area contributed by atoms with Crippen LogP contribution in [0.2, 0.25) is 0 Å². The van der Waals surface area contributed by atoms with Gasteiger partial charge in [0, 0.05) is 11.8 Å². The van der Waals surface area contributed by atoms with Gasteiger partial charge in [-0.25, -0.2) is 4.99 Å². The van der Waals surface area contributed by atoms with Crippen LogP contribution in [0.3, 0.4) is 0 Å². The van der Waals surface area contributed by atoms with Gasteiger partial charge in [-0.1, -0.05) is 30.3 Å². The number of rotatable bonds is 0. The molecule has 0 fully saturated rings. The highest BCUT2D eigenvalue weighted by Gasteiger charge is 2.24. The van der Waals surface area contributed by atoms with Gasteiger partial charge in [0.1, 0.15) is 0 Å². The summed E-state index contributed by atoms with van der Waals surface area (Å²) in [6, 6.07) is 12.6. The van der Waals surface area contributed by atoms with Gasteiger partial charge in [-0.2, -0.15) is 0 Å². The summed E-state index contributed by atoms with van der Waals surface area (Å²) in [4.78, 5) is 8.96. The van der Waals surface area contributed by atoms with Crippen LogP contribution in [0.25, 0.3) is 10.8 Å². The Kier molecular flexibility index (Phi) is 1.33. The van der Waals surface area contributed by atoms with Crippen molar-refractivity contribution in [2.75, 3.05) is 0 Å². The molecule has 2 aliphatic rings. The van der Waals surface area contributed by atoms with Crippen LogP contribution in [0.5, 0.6) is 0 Å². The van der Waals surface area contributed by atoms with Crippen molar-refractivity contribution in [3.8, 4) is 0 Å². The van der Waals surface area contributed by atoms with E-state index in [4.69, 9.17) is 0 Å². The number of aliphatic imine (C=N–C) groups is 2. The summed E-state index contributed by atoms with van der Waals surface area (Å²) >= 11 is 0. The maximum atomic E-state index is 4.56. The van der Waals surface area contributed by atoms with Crippen molar-refractivity contribution in [1.82, 2.24) is 0 Å². The number of hydrogen-bond acceptors (Lipinski definition) is 2. The minimum Gasteiger partial charge on any atom is -0.254 e. The molecule has 0 amide bonds. The second-order valence-electron chi connectivity index (χ2n) is 3.97. The molecule has 2 heteroatoms. The molecule has 0 atom stereocenters. The van der Waals surface area contributed by atoms with E-state index in [0.717, 1.165) is 17.1 Å². The molecular weight excluding hydrogens is 196 g/mol. The van der Waals surface area contributed by atoms with E-state index in [-0.39, 0.29) is 0 Å². The largest absolute Gasteiger partial charge is 0.254 e. The predicted molar refractivity (Wildman–Crippen MR) is 66.7 cm³/mol. The van der Waals surface area contributed by atoms with Crippen LogP contribution in [0.1, 0.15) is 5.56 Å². The summed E-state index contributed by atoms with van der Waals surface area (Å²) in [5.41, 5.74) is 4.23. The first kappa shape index (κ1) is 7.99. The highest BCUT2D eigenvalue weighted by molar-refractivity contribution is 6.58. The third-order valence-corrected chi connectivity index (χ3v) is 3.06. The predicted octanol–water partition coefficient (Wildman–Crippen LogP) is 3.24. The van der Waals surface area contributed by atoms with Gasteiger partial charge in [0.2, 0.25) is 0 Å². The van der Waals surface area contributed by atoms with Crippen molar-refractivity contribution in [1.29, 1.82) is 0 Å². The van der Waals surface area contributed by atoms with E-state index in [2.05, 4.69) is 46.4 Å². The van der Waals surface area contributed by atoms with Crippen LogP contribution in [0.15, 0.2) is 58.7 Å². The van der Waals surface area contributed by atoms with Gasteiger partial charge >= 0.3 is 0 Å². The third-order valence-electron chi connectivity index (χ3n) is 3.06. The zero-order valence-corrected chi connectivity index (χ0v) is 8.51. The minimum absolute atomic E-state index is 0.992. The van der Waals surface area contributed by atoms with E-state index in [1.807, 2.05) is 12.3 Å². The summed E-state index contributed by atoms with van der Waals surface area (Å²) in [5, 5.41) is 2.48. The smallest absolute Gasteiger partial charge is 0.0987 e. The molecule has 0 unspecified atom stereocenters. The lowest BCUT2D eigenvalue weighted by atomic mass is 10.00. The Morgan fingerprint density at radius 3 is 2.88 bits per heavy atom. The summed E-state index contributed by atoms with van der Waals surface area (Å²) in [6.07, 6.45) is 3.78. The molecule has 2 aromatic carbocycles. The monoisotopic (exact) mass is 204 g/mol. The van der Waals surface area contributed by atoms with Crippen LogP contribution in [-0.4, -0.2) is 11.4 Å². The fourth-order valence-electron chi connectivity index (χ4n) is 2.34. The van der Waals surface area contributed by atoms with Crippen LogP contribution in [-0.2, 0) is 0 Å². The SMILES string of the molecule is C1=CC2=Nc3ccc4ccccc4c3C2=N1. The van der Waals surface area contributed by atoms with E-state index >= 15 is 0 Å². The van der Waals surface area contributed by atoms with Crippen LogP contribution in [0, 0.1) is 0 Å². The second-order valence-corrected chi connectivity index (χ2v) is 3.97. The first-order valence-electron chi connectivity index (χ1n) is 5.29. The molecule has 2 aromatic rings. The highest BCUT2D eigenvalue weighted by Crippen LogP contribution is 2.35. The molecule has 0 spiro atoms. The third kappa shape index (κ3) is 0.865. The maximum Gasteiger partial charge on any atom is 0.0987 e. The van der Waals surface area contributed by atoms with Crippen LogP contribution < -0.4 is 0 Å². The fraction of sp³-hybridized carbons (Fsp3) is 0. The number of allylic oxidation sites excluding steroid dienone is 1. The van der Waals surface area contributed by atoms with E-state index in [0.29, 0.717) is 0 Å². The Bertz CT molecular complexity index is 706. The molecule has 0 saturated heterocycles. The Balaban J connectivity index is 2.16. The van der Waals surface area contributed by atoms with E-state index in [9.17, 15) is 0 Å². The fourth-order valence-corrected chi connectivity index (χ4v) is 2.34. The normalized spacial score (nSPS) is 16.0. The average Bonchev–Trinajstić information content (AvgIpc) is 2.88. The number of hydrogen-bond donors (Lipinski definition) is 0. The molecule has 0 aliphatic carbocycles. The molecule has 2 nitrogen and oxygen atoms in total. The summed E-state index contributed by atoms with van der Waals surface area (Å²) in [5.74, 6) is 0. The van der Waals surface area contributed by atoms with Gasteiger partial charge < -0.3 is 0 Å². The molecule has 2 heterocycles. The first-order chi connectivity index (χ1) is 7.93. The molecule has 0 saturated carbocycles. The standard InChI is InChI=1S/C14H8N2/c1-2-4-10-9(3-1)5-6-11-13(10)14-12(16-11)7-8-15-14/h1-8H. The van der Waals surface area contributed by atoms with Crippen molar-refractivity contribution in [2.45, 2.75) is 0 Å². The van der Waals surface area contributed by atoms with Gasteiger partial charge in [-0.15, -0.1) is 0 Å². The number of nitrogens with zero attached hydrogens (tertiary/aromatic N) is 2. The Hall–Kier alpha value is -2.22. The van der Waals surface area contributed by atoms with Crippen molar-refractivity contribution >= 4 is 27.9 Å². The van der Waals surface area contributed by atoms with Gasteiger partial charge in [0.05, 0.1) is 17.1 Å². The molecule has 74 valence electrons. The lowest BCUT2D eigenvalue weighted by Crippen LogP contribution is -2.04. The van der Waals surface area contributed by atoms with Crippen molar-refractivity contribution in [2.24, 2.45) is 9.98 Å². The van der Waals surface area contributed by atoms with Gasteiger partial charge in [0.25, 0.3) is 0 Å². The van der Waals surface area contributed by atoms with E-state index < -0.39 is 0 Å². The number of benzene rings is 2. The quantitative estimate of drug-likeness (QED) is 0.629. The molecule has 16 heavy (non-hydrogen) atoms. The second kappa shape index (κ2) is 2.67. The lowest BCUT2D eigenvalue weighted by molar-refractivity contribution is 1.55. The van der Waals surface area contributed by atoms with Crippen molar-refractivity contribution in [3.63, 3.8) is 0 Å². The highest BCUT2D eigenvalue weighted by atomic mass is 14.9. The zero-order valence-electron chi connectivity index (χ0n) is 8.51. The maximum absolute atomic E-state index is 4.56. The van der Waals surface area contributed by atoms with Crippen LogP contribution >= 0.6 is 0 Å². The van der Waals surface area contributed by atoms with Crippen molar-refractivity contribution in [3.05, 3.63) is 54.2 Å². The molecular formula is C14H8N2. The minimum atomic E-state index is 0.992. The van der Waals surface area contributed by atoms with Crippen LogP contribution in [0.4, 0.5) is 5.69 Å². The van der Waals surface area contributed by atoms with Gasteiger partial charge in [-0.3, -0.25) is 4.99 Å². The molecule has 0 aromatic heterocycles. The summed E-state index contributed by atoms with van der Waals surface area (Å²) in [7, 11) is 0. The Labute approximate surface area is 92.7 Å². The van der Waals surface area contributed by atoms with Gasteiger partial charge in [0.15, 0.2) is 0 Å². The molecule has 2 aliphatic heterocycles. The molecule has 0 bridgehead atoms. The van der Waals surface area contributed by atoms with Gasteiger partial charge in [-0.05, 0) is 22.9 Å². The number of fused-ring (bicyclic) bond motifs is 5.